The Morgan fingerprint density at radius 3 is 2.43 bits per heavy atom. The molecule has 2 fully saturated rings. The van der Waals surface area contributed by atoms with E-state index in [0.717, 1.165) is 18.2 Å². The predicted molar refractivity (Wildman–Crippen MR) is 177 cm³/mol. The molecule has 1 aromatic heterocycles. The van der Waals surface area contributed by atoms with Gasteiger partial charge in [-0.25, -0.2) is 26.8 Å². The van der Waals surface area contributed by atoms with Gasteiger partial charge in [-0.1, -0.05) is 35.9 Å². The van der Waals surface area contributed by atoms with Crippen LogP contribution in [0.25, 0.3) is 0 Å². The highest BCUT2D eigenvalue weighted by atomic mass is 35.5. The first-order chi connectivity index (χ1) is 23.3. The summed E-state index contributed by atoms with van der Waals surface area (Å²) in [5.41, 5.74) is 0.780. The second kappa shape index (κ2) is 15.0. The highest BCUT2D eigenvalue weighted by Crippen LogP contribution is 2.36. The topological polar surface area (TPSA) is 158 Å². The zero-order valence-electron chi connectivity index (χ0n) is 26.7. The molecule has 3 N–H and O–H groups in total. The summed E-state index contributed by atoms with van der Waals surface area (Å²) in [6.45, 7) is 1.53. The minimum absolute atomic E-state index is 0.00200. The van der Waals surface area contributed by atoms with E-state index in [1.165, 1.54) is 28.7 Å². The van der Waals surface area contributed by atoms with Gasteiger partial charge in [-0.3, -0.25) is 9.78 Å². The average molecular weight is 720 g/mol. The number of carboxylic acid groups (broad SMARTS) is 1. The van der Waals surface area contributed by atoms with Crippen molar-refractivity contribution < 1.29 is 41.4 Å². The number of methoxy groups -OCH3 is 1. The molecule has 3 amide bonds. The van der Waals surface area contributed by atoms with Crippen LogP contribution < -0.4 is 10.6 Å². The SMILES string of the molecule is COC(=O)NC(C(=O)Nc1cncc(F)c1CCC1CN(C(=O)O)CC(C)N1S(=O)(=O)C1CC1)C(c1ccc(Cl)cc1)c1cccc(F)c1. The zero-order chi connectivity index (χ0) is 35.5. The molecule has 49 heavy (non-hydrogen) atoms. The first-order valence-corrected chi connectivity index (χ1v) is 17.5. The Morgan fingerprint density at radius 2 is 1.80 bits per heavy atom. The number of amides is 3. The maximum atomic E-state index is 15.4. The van der Waals surface area contributed by atoms with Crippen molar-refractivity contribution in [2.45, 2.75) is 61.9 Å². The second-order valence-corrected chi connectivity index (χ2v) is 14.7. The number of rotatable bonds is 11. The predicted octanol–water partition coefficient (Wildman–Crippen LogP) is 4.99. The van der Waals surface area contributed by atoms with E-state index in [1.54, 1.807) is 37.3 Å². The second-order valence-electron chi connectivity index (χ2n) is 12.1. The molecule has 3 aromatic rings. The molecule has 1 aliphatic heterocycles. The van der Waals surface area contributed by atoms with Gasteiger partial charge in [0.2, 0.25) is 15.9 Å². The van der Waals surface area contributed by atoms with E-state index in [-0.39, 0.29) is 37.2 Å². The quantitative estimate of drug-likeness (QED) is 0.250. The number of carbonyl (C=O) groups excluding carboxylic acids is 2. The van der Waals surface area contributed by atoms with Crippen LogP contribution in [-0.2, 0) is 26.0 Å². The number of nitrogens with one attached hydrogen (secondary N) is 2. The molecule has 0 radical (unpaired) electrons. The molecule has 1 aliphatic carbocycles. The van der Waals surface area contributed by atoms with E-state index in [2.05, 4.69) is 15.6 Å². The molecular formula is C33H36ClF2N5O7S. The number of carbonyl (C=O) groups is 3. The molecule has 16 heteroatoms. The molecule has 4 atom stereocenters. The van der Waals surface area contributed by atoms with E-state index in [0.29, 0.717) is 29.0 Å². The Balaban J connectivity index is 1.46. The number of hydrogen-bond acceptors (Lipinski definition) is 7. The Morgan fingerprint density at radius 1 is 1.08 bits per heavy atom. The first kappa shape index (κ1) is 36.0. The number of nitrogens with zero attached hydrogens (tertiary/aromatic N) is 3. The van der Waals surface area contributed by atoms with Gasteiger partial charge in [0.05, 0.1) is 30.4 Å². The number of anilines is 1. The summed E-state index contributed by atoms with van der Waals surface area (Å²) in [7, 11) is -2.61. The highest BCUT2D eigenvalue weighted by molar-refractivity contribution is 7.90. The molecule has 1 saturated heterocycles. The van der Waals surface area contributed by atoms with Gasteiger partial charge >= 0.3 is 12.2 Å². The molecule has 0 bridgehead atoms. The third-order valence-corrected chi connectivity index (χ3v) is 11.5. The van der Waals surface area contributed by atoms with E-state index in [4.69, 9.17) is 16.3 Å². The van der Waals surface area contributed by atoms with E-state index in [9.17, 15) is 32.3 Å². The maximum absolute atomic E-state index is 15.4. The van der Waals surface area contributed by atoms with Crippen molar-refractivity contribution in [1.29, 1.82) is 0 Å². The van der Waals surface area contributed by atoms with Crippen LogP contribution in [0.2, 0.25) is 5.02 Å². The summed E-state index contributed by atoms with van der Waals surface area (Å²) in [5.74, 6) is -3.15. The largest absolute Gasteiger partial charge is 0.465 e. The van der Waals surface area contributed by atoms with Crippen LogP contribution in [0.1, 0.15) is 48.8 Å². The Hall–Kier alpha value is -4.34. The number of piperazine rings is 1. The number of pyridine rings is 1. The molecule has 0 spiro atoms. The number of ether oxygens (including phenoxy) is 1. The number of hydrogen-bond donors (Lipinski definition) is 3. The Bertz CT molecular complexity index is 1810. The van der Waals surface area contributed by atoms with Crippen LogP contribution in [0.4, 0.5) is 24.1 Å². The minimum Gasteiger partial charge on any atom is -0.465 e. The molecular weight excluding hydrogens is 684 g/mol. The lowest BCUT2D eigenvalue weighted by Crippen LogP contribution is -2.61. The van der Waals surface area contributed by atoms with Crippen molar-refractivity contribution in [3.05, 3.63) is 94.3 Å². The van der Waals surface area contributed by atoms with Crippen molar-refractivity contribution in [3.8, 4) is 0 Å². The molecule has 5 rings (SSSR count). The van der Waals surface area contributed by atoms with Crippen LogP contribution >= 0.6 is 11.6 Å². The summed E-state index contributed by atoms with van der Waals surface area (Å²) in [6, 6.07) is 9.05. The summed E-state index contributed by atoms with van der Waals surface area (Å²) < 4.78 is 62.9. The van der Waals surface area contributed by atoms with Crippen molar-refractivity contribution >= 4 is 45.4 Å². The minimum atomic E-state index is -3.72. The lowest BCUT2D eigenvalue weighted by atomic mass is 9.84. The Labute approximate surface area is 287 Å². The average Bonchev–Trinajstić information content (AvgIpc) is 3.91. The van der Waals surface area contributed by atoms with Crippen LogP contribution in [0.3, 0.4) is 0 Å². The molecule has 4 unspecified atom stereocenters. The van der Waals surface area contributed by atoms with Gasteiger partial charge in [0.15, 0.2) is 0 Å². The fourth-order valence-electron chi connectivity index (χ4n) is 6.32. The standard InChI is InChI=1S/C33H36ClF2N5O7S/c1-19-17-40(33(44)45)18-24(41(19)49(46,47)25-11-12-25)10-13-26-27(36)15-37-16-28(26)38-31(42)30(39-32(43)48-2)29(20-6-8-22(34)9-7-20)21-4-3-5-23(35)14-21/h3-9,14-16,19,24-25,29-30H,10-13,17-18H2,1-2H3,(H,38,42)(H,39,43)(H,44,45). The van der Waals surface area contributed by atoms with E-state index >= 15 is 4.39 Å². The van der Waals surface area contributed by atoms with Gasteiger partial charge < -0.3 is 25.4 Å². The number of halogens is 3. The van der Waals surface area contributed by atoms with Crippen LogP contribution in [0.15, 0.2) is 60.9 Å². The third-order valence-electron chi connectivity index (χ3n) is 8.72. The molecule has 262 valence electrons. The number of alkyl carbamates (subject to hydrolysis) is 1. The van der Waals surface area contributed by atoms with Crippen molar-refractivity contribution in [2.24, 2.45) is 0 Å². The number of aromatic nitrogens is 1. The normalized spacial score (nSPS) is 19.5. The van der Waals surface area contributed by atoms with Gasteiger partial charge in [0, 0.05) is 41.7 Å². The summed E-state index contributed by atoms with van der Waals surface area (Å²) in [6.07, 6.45) is 0.990. The highest BCUT2D eigenvalue weighted by Gasteiger charge is 2.47. The molecule has 1 saturated carbocycles. The number of sulfonamides is 1. The van der Waals surface area contributed by atoms with Crippen LogP contribution in [0.5, 0.6) is 0 Å². The van der Waals surface area contributed by atoms with Crippen LogP contribution in [-0.4, -0.2) is 89.4 Å². The summed E-state index contributed by atoms with van der Waals surface area (Å²) in [4.78, 5) is 43.6. The number of benzene rings is 2. The van der Waals surface area contributed by atoms with Gasteiger partial charge in [-0.2, -0.15) is 4.31 Å². The van der Waals surface area contributed by atoms with Crippen molar-refractivity contribution in [2.75, 3.05) is 25.5 Å². The fraction of sp³-hybridized carbons (Fsp3) is 0.394. The van der Waals surface area contributed by atoms with Gasteiger partial charge in [0.1, 0.15) is 17.7 Å². The smallest absolute Gasteiger partial charge is 0.407 e. The lowest BCUT2D eigenvalue weighted by molar-refractivity contribution is -0.118. The monoisotopic (exact) mass is 719 g/mol. The van der Waals surface area contributed by atoms with Gasteiger partial charge in [-0.05, 0) is 68.0 Å². The molecule has 2 aliphatic rings. The van der Waals surface area contributed by atoms with Gasteiger partial charge in [-0.15, -0.1) is 0 Å². The van der Waals surface area contributed by atoms with Gasteiger partial charge in [0.25, 0.3) is 0 Å². The van der Waals surface area contributed by atoms with E-state index < -0.39 is 69.0 Å². The fourth-order valence-corrected chi connectivity index (χ4v) is 8.68. The lowest BCUT2D eigenvalue weighted by Gasteiger charge is -2.44. The summed E-state index contributed by atoms with van der Waals surface area (Å²) >= 11 is 6.11. The van der Waals surface area contributed by atoms with E-state index in [1.807, 2.05) is 0 Å². The molecule has 12 nitrogen and oxygen atoms in total. The zero-order valence-corrected chi connectivity index (χ0v) is 28.3. The molecule has 2 aromatic carbocycles. The van der Waals surface area contributed by atoms with Crippen molar-refractivity contribution in [3.63, 3.8) is 0 Å². The summed E-state index contributed by atoms with van der Waals surface area (Å²) in [5, 5.41) is 14.7. The third kappa shape index (κ3) is 8.28. The van der Waals surface area contributed by atoms with Crippen molar-refractivity contribution in [1.82, 2.24) is 19.5 Å². The maximum Gasteiger partial charge on any atom is 0.407 e. The first-order valence-electron chi connectivity index (χ1n) is 15.6. The van der Waals surface area contributed by atoms with Crippen LogP contribution in [0, 0.1) is 11.6 Å². The molecule has 2 heterocycles. The Kier molecular flexibility index (Phi) is 11.0.